The number of hydrogen-bond donors (Lipinski definition) is 3. The quantitative estimate of drug-likeness (QED) is 0.533. The van der Waals surface area contributed by atoms with Crippen LogP contribution in [0.3, 0.4) is 0 Å². The van der Waals surface area contributed by atoms with Crippen molar-refractivity contribution in [2.45, 2.75) is 24.1 Å². The van der Waals surface area contributed by atoms with Crippen molar-refractivity contribution in [1.82, 2.24) is 0 Å². The van der Waals surface area contributed by atoms with E-state index in [-0.39, 0.29) is 11.8 Å². The van der Waals surface area contributed by atoms with Gasteiger partial charge in [0.2, 0.25) is 5.79 Å². The van der Waals surface area contributed by atoms with Gasteiger partial charge in [-0.2, -0.15) is 0 Å². The summed E-state index contributed by atoms with van der Waals surface area (Å²) in [6.07, 6.45) is -3.37. The lowest BCUT2D eigenvalue weighted by molar-refractivity contribution is -0.209. The molecule has 1 aliphatic rings. The van der Waals surface area contributed by atoms with E-state index in [9.17, 15) is 15.3 Å². The lowest BCUT2D eigenvalue weighted by Gasteiger charge is -2.22. The lowest BCUT2D eigenvalue weighted by Crippen LogP contribution is -2.44. The molecule has 1 aliphatic heterocycles. The van der Waals surface area contributed by atoms with Gasteiger partial charge in [0, 0.05) is 0 Å². The topological polar surface area (TPSA) is 69.9 Å². The molecular formula is C6H10Cl2O4. The number of rotatable bonds is 2. The molecule has 0 aromatic rings. The van der Waals surface area contributed by atoms with E-state index in [1.807, 2.05) is 0 Å². The highest BCUT2D eigenvalue weighted by molar-refractivity contribution is 6.19. The van der Waals surface area contributed by atoms with E-state index >= 15 is 0 Å². The molecule has 3 N–H and O–H groups in total. The first-order valence-electron chi connectivity index (χ1n) is 3.43. The van der Waals surface area contributed by atoms with Crippen molar-refractivity contribution in [3.63, 3.8) is 0 Å². The summed E-state index contributed by atoms with van der Waals surface area (Å²) >= 11 is 10.7. The average Bonchev–Trinajstić information content (AvgIpc) is 2.31. The van der Waals surface area contributed by atoms with E-state index in [0.717, 1.165) is 0 Å². The van der Waals surface area contributed by atoms with E-state index in [0.29, 0.717) is 0 Å². The van der Waals surface area contributed by atoms with Gasteiger partial charge in [0.25, 0.3) is 0 Å². The monoisotopic (exact) mass is 216 g/mol. The van der Waals surface area contributed by atoms with Gasteiger partial charge in [0.05, 0.1) is 11.8 Å². The molecule has 0 saturated carbocycles. The Balaban J connectivity index is 2.72. The Morgan fingerprint density at radius 3 is 2.17 bits per heavy atom. The zero-order valence-electron chi connectivity index (χ0n) is 6.15. The molecule has 72 valence electrons. The van der Waals surface area contributed by atoms with Crippen molar-refractivity contribution >= 4 is 23.2 Å². The Morgan fingerprint density at radius 1 is 1.33 bits per heavy atom. The number of hydrogen-bond acceptors (Lipinski definition) is 4. The molecule has 12 heavy (non-hydrogen) atoms. The number of halogens is 2. The first-order chi connectivity index (χ1) is 5.55. The highest BCUT2D eigenvalue weighted by Crippen LogP contribution is 2.30. The highest BCUT2D eigenvalue weighted by atomic mass is 35.5. The maximum atomic E-state index is 9.42. The predicted octanol–water partition coefficient (Wildman–Crippen LogP) is -0.727. The molecule has 1 heterocycles. The second-order valence-corrected chi connectivity index (χ2v) is 3.30. The van der Waals surface area contributed by atoms with Crippen LogP contribution in [0.4, 0.5) is 0 Å². The Labute approximate surface area is 79.7 Å². The summed E-state index contributed by atoms with van der Waals surface area (Å²) in [5, 5.41) is 27.9. The molecule has 1 fully saturated rings. The van der Waals surface area contributed by atoms with Gasteiger partial charge in [-0.25, -0.2) is 0 Å². The summed E-state index contributed by atoms with van der Waals surface area (Å²) in [6, 6.07) is 0. The van der Waals surface area contributed by atoms with Crippen LogP contribution in [-0.4, -0.2) is 51.2 Å². The molecule has 0 bridgehead atoms. The maximum absolute atomic E-state index is 9.42. The van der Waals surface area contributed by atoms with Crippen LogP contribution in [0.2, 0.25) is 0 Å². The standard InChI is InChI=1S/C6H10Cl2O4/c7-1-3-4(9)5(10)6(11,2-8)12-3/h3-5,9-11H,1-2H2. The van der Waals surface area contributed by atoms with E-state index in [1.54, 1.807) is 0 Å². The summed E-state index contributed by atoms with van der Waals surface area (Å²) in [7, 11) is 0. The van der Waals surface area contributed by atoms with Crippen LogP contribution < -0.4 is 0 Å². The van der Waals surface area contributed by atoms with Crippen LogP contribution >= 0.6 is 23.2 Å². The summed E-state index contributed by atoms with van der Waals surface area (Å²) in [5.74, 6) is -2.18. The molecule has 0 aliphatic carbocycles. The van der Waals surface area contributed by atoms with E-state index in [4.69, 9.17) is 27.9 Å². The van der Waals surface area contributed by atoms with Crippen molar-refractivity contribution in [1.29, 1.82) is 0 Å². The molecule has 4 unspecified atom stereocenters. The molecule has 6 heteroatoms. The zero-order chi connectivity index (χ0) is 9.35. The summed E-state index contributed by atoms with van der Waals surface area (Å²) in [6.45, 7) is 0. The third-order valence-electron chi connectivity index (χ3n) is 1.87. The molecule has 0 amide bonds. The second kappa shape index (κ2) is 3.65. The van der Waals surface area contributed by atoms with Crippen LogP contribution in [-0.2, 0) is 4.74 Å². The average molecular weight is 217 g/mol. The molecule has 0 radical (unpaired) electrons. The van der Waals surface area contributed by atoms with Gasteiger partial charge in [-0.3, -0.25) is 0 Å². The molecule has 1 rings (SSSR count). The molecule has 0 spiro atoms. The normalized spacial score (nSPS) is 48.2. The first kappa shape index (κ1) is 10.5. The molecule has 4 atom stereocenters. The number of aliphatic hydroxyl groups is 3. The molecule has 1 saturated heterocycles. The third-order valence-corrected chi connectivity index (χ3v) is 2.55. The summed E-state index contributed by atoms with van der Waals surface area (Å²) < 4.78 is 4.86. The minimum Gasteiger partial charge on any atom is -0.387 e. The van der Waals surface area contributed by atoms with Gasteiger partial charge in [-0.05, 0) is 0 Å². The Kier molecular flexibility index (Phi) is 3.20. The van der Waals surface area contributed by atoms with Gasteiger partial charge in [0.15, 0.2) is 0 Å². The minimum atomic E-state index is -1.87. The smallest absolute Gasteiger partial charge is 0.209 e. The van der Waals surface area contributed by atoms with Gasteiger partial charge in [-0.15, -0.1) is 23.2 Å². The molecule has 0 aromatic carbocycles. The predicted molar refractivity (Wildman–Crippen MR) is 43.3 cm³/mol. The number of alkyl halides is 2. The van der Waals surface area contributed by atoms with E-state index in [1.165, 1.54) is 0 Å². The van der Waals surface area contributed by atoms with Gasteiger partial charge < -0.3 is 20.1 Å². The first-order valence-corrected chi connectivity index (χ1v) is 4.50. The maximum Gasteiger partial charge on any atom is 0.209 e. The van der Waals surface area contributed by atoms with Crippen LogP contribution in [0.15, 0.2) is 0 Å². The highest BCUT2D eigenvalue weighted by Gasteiger charge is 2.52. The fourth-order valence-corrected chi connectivity index (χ4v) is 1.57. The third kappa shape index (κ3) is 1.55. The minimum absolute atomic E-state index is 0.00255. The molecular weight excluding hydrogens is 207 g/mol. The van der Waals surface area contributed by atoms with Gasteiger partial charge in [-0.1, -0.05) is 0 Å². The summed E-state index contributed by atoms with van der Waals surface area (Å²) in [5.41, 5.74) is 0. The van der Waals surface area contributed by atoms with Crippen molar-refractivity contribution in [2.24, 2.45) is 0 Å². The van der Waals surface area contributed by atoms with Crippen LogP contribution in [0.1, 0.15) is 0 Å². The van der Waals surface area contributed by atoms with Gasteiger partial charge >= 0.3 is 0 Å². The Hall–Kier alpha value is 0.420. The van der Waals surface area contributed by atoms with Crippen LogP contribution in [0.25, 0.3) is 0 Å². The lowest BCUT2D eigenvalue weighted by atomic mass is 10.1. The van der Waals surface area contributed by atoms with Crippen molar-refractivity contribution in [3.8, 4) is 0 Å². The largest absolute Gasteiger partial charge is 0.387 e. The fraction of sp³-hybridized carbons (Fsp3) is 1.00. The Morgan fingerprint density at radius 2 is 1.92 bits per heavy atom. The second-order valence-electron chi connectivity index (χ2n) is 2.72. The van der Waals surface area contributed by atoms with Crippen molar-refractivity contribution in [2.75, 3.05) is 11.8 Å². The summed E-state index contributed by atoms with van der Waals surface area (Å²) in [4.78, 5) is 0. The number of aliphatic hydroxyl groups excluding tert-OH is 2. The van der Waals surface area contributed by atoms with E-state index in [2.05, 4.69) is 0 Å². The van der Waals surface area contributed by atoms with Crippen LogP contribution in [0.5, 0.6) is 0 Å². The van der Waals surface area contributed by atoms with Crippen LogP contribution in [0, 0.1) is 0 Å². The molecule has 0 aromatic heterocycles. The zero-order valence-corrected chi connectivity index (χ0v) is 7.66. The molecule has 4 nitrogen and oxygen atoms in total. The SMILES string of the molecule is OC1C(CCl)OC(O)(CCl)C1O. The number of ether oxygens (including phenoxy) is 1. The van der Waals surface area contributed by atoms with Crippen molar-refractivity contribution in [3.05, 3.63) is 0 Å². The van der Waals surface area contributed by atoms with E-state index < -0.39 is 24.1 Å². The Bertz CT molecular complexity index is 168. The van der Waals surface area contributed by atoms with Gasteiger partial charge in [0.1, 0.15) is 18.3 Å². The van der Waals surface area contributed by atoms with Crippen molar-refractivity contribution < 1.29 is 20.1 Å². The fourth-order valence-electron chi connectivity index (χ4n) is 1.11.